The van der Waals surface area contributed by atoms with Gasteiger partial charge in [0.1, 0.15) is 5.82 Å². The van der Waals surface area contributed by atoms with Gasteiger partial charge in [-0.2, -0.15) is 0 Å². The fourth-order valence-corrected chi connectivity index (χ4v) is 3.81. The van der Waals surface area contributed by atoms with E-state index in [4.69, 9.17) is 5.73 Å². The Morgan fingerprint density at radius 2 is 2.09 bits per heavy atom. The molecule has 2 unspecified atom stereocenters. The monoisotopic (exact) mass is 304 g/mol. The Bertz CT molecular complexity index is 540. The van der Waals surface area contributed by atoms with Gasteiger partial charge in [0.05, 0.1) is 0 Å². The maximum Gasteiger partial charge on any atom is 0.220 e. The lowest BCUT2D eigenvalue weighted by atomic mass is 9.71. The van der Waals surface area contributed by atoms with E-state index < -0.39 is 0 Å². The van der Waals surface area contributed by atoms with Gasteiger partial charge in [0, 0.05) is 18.4 Å². The molecule has 3 nitrogen and oxygen atoms in total. The summed E-state index contributed by atoms with van der Waals surface area (Å²) in [5.74, 6) is 0.162. The molecule has 4 heteroatoms. The lowest BCUT2D eigenvalue weighted by Crippen LogP contribution is -2.39. The first-order valence-electron chi connectivity index (χ1n) is 8.37. The second-order valence-corrected chi connectivity index (χ2v) is 7.01. The molecule has 0 aliphatic heterocycles. The number of carbonyl (C=O) groups is 1. The molecular formula is C18H25FN2O. The molecule has 0 heterocycles. The van der Waals surface area contributed by atoms with Gasteiger partial charge in [-0.3, -0.25) is 4.79 Å². The zero-order valence-corrected chi connectivity index (χ0v) is 13.0. The van der Waals surface area contributed by atoms with E-state index >= 15 is 0 Å². The highest BCUT2D eigenvalue weighted by atomic mass is 19.1. The van der Waals surface area contributed by atoms with Crippen LogP contribution in [0.25, 0.3) is 0 Å². The predicted octanol–water partition coefficient (Wildman–Crippen LogP) is 3.10. The summed E-state index contributed by atoms with van der Waals surface area (Å²) in [5, 5.41) is 3.11. The Morgan fingerprint density at radius 1 is 1.32 bits per heavy atom. The lowest BCUT2D eigenvalue weighted by molar-refractivity contribution is -0.124. The summed E-state index contributed by atoms with van der Waals surface area (Å²) < 4.78 is 13.2. The van der Waals surface area contributed by atoms with Gasteiger partial charge in [-0.05, 0) is 48.9 Å². The van der Waals surface area contributed by atoms with E-state index in [9.17, 15) is 9.18 Å². The minimum absolute atomic E-state index is 0.00553. The van der Waals surface area contributed by atoms with Crippen LogP contribution in [0.5, 0.6) is 0 Å². The Labute approximate surface area is 131 Å². The average Bonchev–Trinajstić information content (AvgIpc) is 3.27. The Hall–Kier alpha value is -1.42. The van der Waals surface area contributed by atoms with Crippen LogP contribution in [0.2, 0.25) is 0 Å². The van der Waals surface area contributed by atoms with E-state index in [-0.39, 0.29) is 29.1 Å². The second kappa shape index (κ2) is 6.37. The van der Waals surface area contributed by atoms with E-state index in [0.717, 1.165) is 24.8 Å². The molecule has 1 amide bonds. The SMILES string of the molecule is NCC1(CC(=O)NC2CC2c2cccc(F)c2)CCCCC1. The van der Waals surface area contributed by atoms with Crippen molar-refractivity contribution in [2.24, 2.45) is 11.1 Å². The Kier molecular flexibility index (Phi) is 4.48. The highest BCUT2D eigenvalue weighted by Gasteiger charge is 2.41. The fourth-order valence-electron chi connectivity index (χ4n) is 3.81. The topological polar surface area (TPSA) is 55.1 Å². The van der Waals surface area contributed by atoms with E-state index in [1.54, 1.807) is 12.1 Å². The van der Waals surface area contributed by atoms with Crippen molar-refractivity contribution in [2.45, 2.75) is 56.9 Å². The standard InChI is InChI=1S/C18H25FN2O/c19-14-6-4-5-13(9-14)15-10-16(15)21-17(22)11-18(12-20)7-2-1-3-8-18/h4-6,9,15-16H,1-3,7-8,10-12,20H2,(H,21,22). The number of benzene rings is 1. The Morgan fingerprint density at radius 3 is 2.77 bits per heavy atom. The van der Waals surface area contributed by atoms with Gasteiger partial charge in [0.25, 0.3) is 0 Å². The van der Waals surface area contributed by atoms with Crippen LogP contribution < -0.4 is 11.1 Å². The van der Waals surface area contributed by atoms with Crippen LogP contribution >= 0.6 is 0 Å². The van der Waals surface area contributed by atoms with Crippen LogP contribution in [0.3, 0.4) is 0 Å². The molecule has 2 aliphatic rings. The minimum atomic E-state index is -0.209. The summed E-state index contributed by atoms with van der Waals surface area (Å²) >= 11 is 0. The largest absolute Gasteiger partial charge is 0.353 e. The summed E-state index contributed by atoms with van der Waals surface area (Å²) in [6, 6.07) is 6.84. The molecule has 3 N–H and O–H groups in total. The first-order chi connectivity index (χ1) is 10.6. The van der Waals surface area contributed by atoms with Gasteiger partial charge < -0.3 is 11.1 Å². The van der Waals surface area contributed by atoms with Crippen molar-refractivity contribution in [2.75, 3.05) is 6.54 Å². The molecule has 2 saturated carbocycles. The lowest BCUT2D eigenvalue weighted by Gasteiger charge is -2.35. The summed E-state index contributed by atoms with van der Waals surface area (Å²) in [6.07, 6.45) is 7.19. The van der Waals surface area contributed by atoms with Crippen LogP contribution in [0, 0.1) is 11.2 Å². The third-order valence-corrected chi connectivity index (χ3v) is 5.30. The quantitative estimate of drug-likeness (QED) is 0.878. The van der Waals surface area contributed by atoms with Crippen LogP contribution in [0.4, 0.5) is 4.39 Å². The summed E-state index contributed by atoms with van der Waals surface area (Å²) in [6.45, 7) is 0.596. The number of nitrogens with two attached hydrogens (primary N) is 1. The van der Waals surface area contributed by atoms with Crippen LogP contribution in [0.1, 0.15) is 56.4 Å². The van der Waals surface area contributed by atoms with Crippen LogP contribution in [0.15, 0.2) is 24.3 Å². The molecule has 2 fully saturated rings. The molecule has 0 radical (unpaired) electrons. The van der Waals surface area contributed by atoms with Crippen molar-refractivity contribution in [1.29, 1.82) is 0 Å². The number of rotatable bonds is 5. The highest BCUT2D eigenvalue weighted by molar-refractivity contribution is 5.77. The summed E-state index contributed by atoms with van der Waals surface area (Å²) in [5.41, 5.74) is 6.93. The number of hydrogen-bond acceptors (Lipinski definition) is 2. The molecule has 3 rings (SSSR count). The molecule has 0 saturated heterocycles. The van der Waals surface area contributed by atoms with E-state index in [1.807, 2.05) is 6.07 Å². The molecular weight excluding hydrogens is 279 g/mol. The van der Waals surface area contributed by atoms with Crippen molar-refractivity contribution >= 4 is 5.91 Å². The first kappa shape index (κ1) is 15.5. The van der Waals surface area contributed by atoms with Crippen molar-refractivity contribution in [3.8, 4) is 0 Å². The van der Waals surface area contributed by atoms with Gasteiger partial charge in [-0.15, -0.1) is 0 Å². The van der Waals surface area contributed by atoms with E-state index in [0.29, 0.717) is 13.0 Å². The first-order valence-corrected chi connectivity index (χ1v) is 8.37. The number of hydrogen-bond donors (Lipinski definition) is 2. The van der Waals surface area contributed by atoms with E-state index in [1.165, 1.54) is 25.3 Å². The van der Waals surface area contributed by atoms with Gasteiger partial charge in [-0.25, -0.2) is 4.39 Å². The highest BCUT2D eigenvalue weighted by Crippen LogP contribution is 2.42. The molecule has 22 heavy (non-hydrogen) atoms. The molecule has 0 bridgehead atoms. The number of amides is 1. The summed E-state index contributed by atoms with van der Waals surface area (Å²) in [4.78, 5) is 12.3. The molecule has 120 valence electrons. The molecule has 2 aliphatic carbocycles. The third kappa shape index (κ3) is 3.49. The second-order valence-electron chi connectivity index (χ2n) is 7.01. The van der Waals surface area contributed by atoms with Crippen molar-refractivity contribution in [1.82, 2.24) is 5.32 Å². The number of carbonyl (C=O) groups excluding carboxylic acids is 1. The predicted molar refractivity (Wildman–Crippen MR) is 84.9 cm³/mol. The van der Waals surface area contributed by atoms with Gasteiger partial charge in [0.2, 0.25) is 5.91 Å². The van der Waals surface area contributed by atoms with Crippen LogP contribution in [-0.2, 0) is 4.79 Å². The maximum absolute atomic E-state index is 13.2. The molecule has 1 aromatic carbocycles. The zero-order valence-electron chi connectivity index (χ0n) is 13.0. The smallest absolute Gasteiger partial charge is 0.220 e. The number of halogens is 1. The van der Waals surface area contributed by atoms with Gasteiger partial charge >= 0.3 is 0 Å². The third-order valence-electron chi connectivity index (χ3n) is 5.30. The van der Waals surface area contributed by atoms with Gasteiger partial charge in [0.15, 0.2) is 0 Å². The van der Waals surface area contributed by atoms with E-state index in [2.05, 4.69) is 5.32 Å². The summed E-state index contributed by atoms with van der Waals surface area (Å²) in [7, 11) is 0. The fraction of sp³-hybridized carbons (Fsp3) is 0.611. The Balaban J connectivity index is 1.53. The maximum atomic E-state index is 13.2. The number of nitrogens with one attached hydrogen (secondary N) is 1. The minimum Gasteiger partial charge on any atom is -0.353 e. The normalized spacial score (nSPS) is 26.5. The van der Waals surface area contributed by atoms with Crippen molar-refractivity contribution in [3.63, 3.8) is 0 Å². The molecule has 0 aromatic heterocycles. The average molecular weight is 304 g/mol. The molecule has 1 aromatic rings. The molecule has 2 atom stereocenters. The van der Waals surface area contributed by atoms with Crippen molar-refractivity contribution < 1.29 is 9.18 Å². The van der Waals surface area contributed by atoms with Crippen molar-refractivity contribution in [3.05, 3.63) is 35.6 Å². The molecule has 0 spiro atoms. The van der Waals surface area contributed by atoms with Gasteiger partial charge in [-0.1, -0.05) is 31.4 Å². The zero-order chi connectivity index (χ0) is 15.6. The van der Waals surface area contributed by atoms with Crippen LogP contribution in [-0.4, -0.2) is 18.5 Å².